The molecule has 0 unspecified atom stereocenters. The first-order valence-corrected chi connectivity index (χ1v) is 9.19. The second kappa shape index (κ2) is 7.26. The maximum Gasteiger partial charge on any atom is 0.231 e. The zero-order chi connectivity index (χ0) is 15.4. The zero-order valence-electron chi connectivity index (χ0n) is 12.6. The van der Waals surface area contributed by atoms with Crippen molar-refractivity contribution in [2.45, 2.75) is 37.3 Å². The van der Waals surface area contributed by atoms with E-state index >= 15 is 0 Å². The van der Waals surface area contributed by atoms with Gasteiger partial charge in [-0.3, -0.25) is 9.59 Å². The Hall–Kier alpha value is -1.08. The van der Waals surface area contributed by atoms with Crippen LogP contribution < -0.4 is 5.32 Å². The van der Waals surface area contributed by atoms with Gasteiger partial charge in [0.1, 0.15) is 0 Å². The fraction of sp³-hybridized carbons (Fsp3) is 0.643. The average molecular weight is 327 g/mol. The number of rotatable bonds is 4. The van der Waals surface area contributed by atoms with Crippen LogP contribution in [0.25, 0.3) is 0 Å². The lowest BCUT2D eigenvalue weighted by atomic mass is 9.97. The van der Waals surface area contributed by atoms with Crippen LogP contribution in [0.1, 0.15) is 31.9 Å². The molecule has 0 saturated carbocycles. The Morgan fingerprint density at radius 3 is 2.90 bits per heavy atom. The molecule has 1 atom stereocenters. The summed E-state index contributed by atoms with van der Waals surface area (Å²) in [5, 5.41) is 3.56. The first kappa shape index (κ1) is 16.3. The molecular weight excluding hydrogens is 306 g/mol. The summed E-state index contributed by atoms with van der Waals surface area (Å²) in [4.78, 5) is 30.3. The minimum Gasteiger partial charge on any atom is -0.342 e. The van der Waals surface area contributed by atoms with Crippen molar-refractivity contribution in [3.05, 3.63) is 5.69 Å². The van der Waals surface area contributed by atoms with Gasteiger partial charge in [-0.2, -0.15) is 0 Å². The summed E-state index contributed by atoms with van der Waals surface area (Å²) in [6, 6.07) is 0. The number of anilines is 1. The van der Waals surface area contributed by atoms with E-state index in [0.29, 0.717) is 18.1 Å². The minimum atomic E-state index is -0.129. The number of nitrogens with one attached hydrogen (secondary N) is 1. The van der Waals surface area contributed by atoms with E-state index in [2.05, 4.69) is 10.3 Å². The van der Waals surface area contributed by atoms with E-state index in [1.165, 1.54) is 11.3 Å². The topological polar surface area (TPSA) is 62.3 Å². The number of aromatic nitrogens is 1. The molecule has 0 bridgehead atoms. The van der Waals surface area contributed by atoms with E-state index in [-0.39, 0.29) is 17.7 Å². The van der Waals surface area contributed by atoms with E-state index in [4.69, 9.17) is 0 Å². The van der Waals surface area contributed by atoms with Crippen LogP contribution in [0.3, 0.4) is 0 Å². The molecule has 1 aromatic heterocycles. The van der Waals surface area contributed by atoms with Crippen LogP contribution >= 0.6 is 23.1 Å². The van der Waals surface area contributed by atoms with Gasteiger partial charge in [-0.15, -0.1) is 11.8 Å². The van der Waals surface area contributed by atoms with Crippen LogP contribution in [0.5, 0.6) is 0 Å². The highest BCUT2D eigenvalue weighted by molar-refractivity contribution is 8.00. The summed E-state index contributed by atoms with van der Waals surface area (Å²) in [6.07, 6.45) is 4.22. The Morgan fingerprint density at radius 1 is 1.52 bits per heavy atom. The van der Waals surface area contributed by atoms with Crippen molar-refractivity contribution in [2.24, 2.45) is 5.92 Å². The molecule has 21 heavy (non-hydrogen) atoms. The van der Waals surface area contributed by atoms with Gasteiger partial charge in [-0.05, 0) is 26.0 Å². The van der Waals surface area contributed by atoms with Crippen LogP contribution in [0.2, 0.25) is 0 Å². The van der Waals surface area contributed by atoms with Crippen molar-refractivity contribution in [3.63, 3.8) is 0 Å². The standard InChI is InChI=1S/C14H21N3O2S2/c1-4-11(18)17-7-5-6-10(8-17)12(19)16-14-15-9(2)13(20-3)21-14/h10H,4-8H2,1-3H3,(H,15,16,19)/t10-/m0/s1. The highest BCUT2D eigenvalue weighted by Gasteiger charge is 2.28. The number of hydrogen-bond acceptors (Lipinski definition) is 5. The van der Waals surface area contributed by atoms with Gasteiger partial charge in [0.25, 0.3) is 0 Å². The van der Waals surface area contributed by atoms with E-state index in [1.54, 1.807) is 16.7 Å². The van der Waals surface area contributed by atoms with E-state index in [9.17, 15) is 9.59 Å². The third-order valence-corrected chi connectivity index (χ3v) is 5.90. The second-order valence-corrected chi connectivity index (χ2v) is 7.19. The number of carbonyl (C=O) groups excluding carboxylic acids is 2. The molecule has 1 aliphatic rings. The Bertz CT molecular complexity index is 530. The minimum absolute atomic E-state index is 0.0231. The number of likely N-dealkylation sites (tertiary alicyclic amines) is 1. The van der Waals surface area contributed by atoms with Gasteiger partial charge in [-0.1, -0.05) is 18.3 Å². The van der Waals surface area contributed by atoms with Gasteiger partial charge in [0.2, 0.25) is 11.8 Å². The first-order chi connectivity index (χ1) is 10.0. The third kappa shape index (κ3) is 3.97. The van der Waals surface area contributed by atoms with Gasteiger partial charge in [-0.25, -0.2) is 4.98 Å². The van der Waals surface area contributed by atoms with E-state index in [0.717, 1.165) is 29.3 Å². The van der Waals surface area contributed by atoms with Crippen LogP contribution in [0.4, 0.5) is 5.13 Å². The molecule has 1 aliphatic heterocycles. The lowest BCUT2D eigenvalue weighted by molar-refractivity contribution is -0.134. The molecule has 5 nitrogen and oxygen atoms in total. The number of hydrogen-bond donors (Lipinski definition) is 1. The number of thiazole rings is 1. The molecule has 116 valence electrons. The highest BCUT2D eigenvalue weighted by Crippen LogP contribution is 2.30. The first-order valence-electron chi connectivity index (χ1n) is 7.15. The predicted molar refractivity (Wildman–Crippen MR) is 86.9 cm³/mol. The Kier molecular flexibility index (Phi) is 5.64. The largest absolute Gasteiger partial charge is 0.342 e. The van der Waals surface area contributed by atoms with Crippen molar-refractivity contribution < 1.29 is 9.59 Å². The molecule has 0 aliphatic carbocycles. The van der Waals surface area contributed by atoms with Gasteiger partial charge in [0.15, 0.2) is 5.13 Å². The number of piperidine rings is 1. The lowest BCUT2D eigenvalue weighted by Crippen LogP contribution is -2.43. The Morgan fingerprint density at radius 2 is 2.29 bits per heavy atom. The SMILES string of the molecule is CCC(=O)N1CCC[C@H](C(=O)Nc2nc(C)c(SC)s2)C1. The summed E-state index contributed by atoms with van der Waals surface area (Å²) in [5.74, 6) is -0.0246. The molecule has 1 fully saturated rings. The Balaban J connectivity index is 1.97. The smallest absolute Gasteiger partial charge is 0.231 e. The molecule has 0 radical (unpaired) electrons. The van der Waals surface area contributed by atoms with Crippen LogP contribution in [0.15, 0.2) is 4.21 Å². The Labute approximate surface area is 133 Å². The normalized spacial score (nSPS) is 18.6. The van der Waals surface area contributed by atoms with Gasteiger partial charge in [0.05, 0.1) is 15.8 Å². The monoisotopic (exact) mass is 327 g/mol. The van der Waals surface area contributed by atoms with Crippen molar-refractivity contribution >= 4 is 40.0 Å². The van der Waals surface area contributed by atoms with Crippen molar-refractivity contribution in [1.29, 1.82) is 0 Å². The summed E-state index contributed by atoms with van der Waals surface area (Å²) >= 11 is 3.14. The van der Waals surface area contributed by atoms with Crippen molar-refractivity contribution in [3.8, 4) is 0 Å². The average Bonchev–Trinajstić information content (AvgIpc) is 2.86. The fourth-order valence-corrected chi connectivity index (χ4v) is 4.09. The summed E-state index contributed by atoms with van der Waals surface area (Å²) in [7, 11) is 0. The summed E-state index contributed by atoms with van der Waals surface area (Å²) < 4.78 is 1.12. The second-order valence-electron chi connectivity index (χ2n) is 5.12. The molecule has 1 aromatic rings. The van der Waals surface area contributed by atoms with E-state index < -0.39 is 0 Å². The molecule has 2 heterocycles. The molecule has 0 aromatic carbocycles. The number of nitrogens with zero attached hydrogens (tertiary/aromatic N) is 2. The molecular formula is C14H21N3O2S2. The third-order valence-electron chi connectivity index (χ3n) is 3.62. The quantitative estimate of drug-likeness (QED) is 0.864. The van der Waals surface area contributed by atoms with Crippen LogP contribution in [-0.4, -0.2) is 41.0 Å². The van der Waals surface area contributed by atoms with Crippen molar-refractivity contribution in [1.82, 2.24) is 9.88 Å². The maximum atomic E-state index is 12.3. The molecule has 2 rings (SSSR count). The van der Waals surface area contributed by atoms with Gasteiger partial charge < -0.3 is 10.2 Å². The van der Waals surface area contributed by atoms with Crippen LogP contribution in [-0.2, 0) is 9.59 Å². The zero-order valence-corrected chi connectivity index (χ0v) is 14.3. The van der Waals surface area contributed by atoms with Gasteiger partial charge in [0, 0.05) is 19.5 Å². The number of amides is 2. The molecule has 1 N–H and O–H groups in total. The maximum absolute atomic E-state index is 12.3. The summed E-state index contributed by atoms with van der Waals surface area (Å²) in [5.41, 5.74) is 0.953. The molecule has 2 amide bonds. The van der Waals surface area contributed by atoms with Crippen molar-refractivity contribution in [2.75, 3.05) is 24.7 Å². The molecule has 7 heteroatoms. The molecule has 1 saturated heterocycles. The highest BCUT2D eigenvalue weighted by atomic mass is 32.2. The molecule has 0 spiro atoms. The predicted octanol–water partition coefficient (Wildman–Crippen LogP) is 2.76. The number of carbonyl (C=O) groups is 2. The van der Waals surface area contributed by atoms with Gasteiger partial charge >= 0.3 is 0 Å². The van der Waals surface area contributed by atoms with E-state index in [1.807, 2.05) is 20.1 Å². The van der Waals surface area contributed by atoms with Crippen LogP contribution in [0, 0.1) is 12.8 Å². The fourth-order valence-electron chi connectivity index (χ4n) is 2.47. The number of thioether (sulfide) groups is 1. The number of aryl methyl sites for hydroxylation is 1. The summed E-state index contributed by atoms with van der Waals surface area (Å²) in [6.45, 7) is 5.09. The lowest BCUT2D eigenvalue weighted by Gasteiger charge is -2.31.